The maximum atomic E-state index is 12.3. The molecule has 2 saturated carbocycles. The molecule has 2 atom stereocenters. The van der Waals surface area contributed by atoms with Gasteiger partial charge in [-0.25, -0.2) is 8.42 Å². The molecule has 2 aliphatic rings. The van der Waals surface area contributed by atoms with Crippen LogP contribution in [-0.2, 0) is 14.6 Å². The van der Waals surface area contributed by atoms with Gasteiger partial charge in [0.15, 0.2) is 0 Å². The Morgan fingerprint density at radius 2 is 1.75 bits per heavy atom. The number of ketones is 1. The zero-order chi connectivity index (χ0) is 14.6. The highest BCUT2D eigenvalue weighted by Gasteiger charge is 2.32. The summed E-state index contributed by atoms with van der Waals surface area (Å²) in [5.41, 5.74) is 0. The van der Waals surface area contributed by atoms with E-state index in [4.69, 9.17) is 0 Å². The second-order valence-corrected chi connectivity index (χ2v) is 9.97. The third kappa shape index (κ3) is 4.76. The summed E-state index contributed by atoms with van der Waals surface area (Å²) in [6.07, 6.45) is 10.8. The van der Waals surface area contributed by atoms with Crippen LogP contribution in [0.5, 0.6) is 0 Å². The van der Waals surface area contributed by atoms with Crippen LogP contribution in [0, 0.1) is 5.92 Å². The Labute approximate surface area is 127 Å². The number of sulfone groups is 1. The predicted octanol–water partition coefficient (Wildman–Crippen LogP) is 3.22. The molecule has 20 heavy (non-hydrogen) atoms. The quantitative estimate of drug-likeness (QED) is 0.781. The van der Waals surface area contributed by atoms with Gasteiger partial charge in [0.25, 0.3) is 0 Å². The van der Waals surface area contributed by atoms with Crippen LogP contribution in [0.25, 0.3) is 0 Å². The first kappa shape index (κ1) is 16.3. The smallest absolute Gasteiger partial charge is 0.150 e. The Morgan fingerprint density at radius 1 is 1.05 bits per heavy atom. The molecule has 2 unspecified atom stereocenters. The fourth-order valence-electron chi connectivity index (χ4n) is 3.38. The SMILES string of the molecule is CS(=O)(=O)C1CCCC(C(=O)CSC2CCCCC2)C1. The highest BCUT2D eigenvalue weighted by molar-refractivity contribution is 8.00. The van der Waals surface area contributed by atoms with Gasteiger partial charge in [0, 0.05) is 17.4 Å². The number of thioether (sulfide) groups is 1. The van der Waals surface area contributed by atoms with Gasteiger partial charge in [-0.15, -0.1) is 0 Å². The summed E-state index contributed by atoms with van der Waals surface area (Å²) < 4.78 is 23.3. The molecule has 0 aromatic heterocycles. The molecule has 0 amide bonds. The molecule has 0 aromatic carbocycles. The van der Waals surface area contributed by atoms with Gasteiger partial charge in [-0.1, -0.05) is 25.7 Å². The number of carbonyl (C=O) groups is 1. The van der Waals surface area contributed by atoms with E-state index >= 15 is 0 Å². The van der Waals surface area contributed by atoms with Gasteiger partial charge in [0.2, 0.25) is 0 Å². The summed E-state index contributed by atoms with van der Waals surface area (Å²) in [7, 11) is -2.99. The molecule has 2 fully saturated rings. The Balaban J connectivity index is 1.79. The zero-order valence-corrected chi connectivity index (χ0v) is 14.0. The van der Waals surface area contributed by atoms with E-state index in [2.05, 4.69) is 0 Å². The van der Waals surface area contributed by atoms with Gasteiger partial charge in [-0.3, -0.25) is 4.79 Å². The molecule has 0 spiro atoms. The summed E-state index contributed by atoms with van der Waals surface area (Å²) in [6, 6.07) is 0. The third-order valence-electron chi connectivity index (χ3n) is 4.70. The maximum absolute atomic E-state index is 12.3. The first-order chi connectivity index (χ1) is 9.47. The Morgan fingerprint density at radius 3 is 2.40 bits per heavy atom. The van der Waals surface area contributed by atoms with Gasteiger partial charge < -0.3 is 0 Å². The Kier molecular flexibility index (Phi) is 5.96. The minimum atomic E-state index is -2.99. The topological polar surface area (TPSA) is 51.2 Å². The van der Waals surface area contributed by atoms with E-state index in [1.165, 1.54) is 38.4 Å². The van der Waals surface area contributed by atoms with Gasteiger partial charge in [-0.2, -0.15) is 11.8 Å². The van der Waals surface area contributed by atoms with Crippen LogP contribution < -0.4 is 0 Å². The lowest BCUT2D eigenvalue weighted by atomic mass is 9.86. The lowest BCUT2D eigenvalue weighted by molar-refractivity contribution is -0.121. The lowest BCUT2D eigenvalue weighted by Gasteiger charge is -2.27. The van der Waals surface area contributed by atoms with Crippen molar-refractivity contribution in [3.8, 4) is 0 Å². The molecular formula is C15H26O3S2. The van der Waals surface area contributed by atoms with E-state index in [1.54, 1.807) is 0 Å². The van der Waals surface area contributed by atoms with Gasteiger partial charge in [0.1, 0.15) is 15.6 Å². The minimum absolute atomic E-state index is 0.0143. The number of hydrogen-bond acceptors (Lipinski definition) is 4. The standard InChI is InChI=1S/C15H26O3S2/c1-20(17,18)14-9-5-6-12(10-14)15(16)11-19-13-7-3-2-4-8-13/h12-14H,2-11H2,1H3. The van der Waals surface area contributed by atoms with Crippen molar-refractivity contribution < 1.29 is 13.2 Å². The third-order valence-corrected chi connectivity index (χ3v) is 7.73. The molecule has 0 N–H and O–H groups in total. The number of Topliss-reactive ketones (excluding diaryl/α,β-unsaturated/α-hetero) is 1. The highest BCUT2D eigenvalue weighted by atomic mass is 32.2. The molecule has 0 bridgehead atoms. The number of hydrogen-bond donors (Lipinski definition) is 0. The van der Waals surface area contributed by atoms with Crippen molar-refractivity contribution in [1.29, 1.82) is 0 Å². The van der Waals surface area contributed by atoms with E-state index in [1.807, 2.05) is 11.8 Å². The van der Waals surface area contributed by atoms with Crippen molar-refractivity contribution in [3.63, 3.8) is 0 Å². The van der Waals surface area contributed by atoms with Crippen LogP contribution in [0.3, 0.4) is 0 Å². The maximum Gasteiger partial charge on any atom is 0.150 e. The minimum Gasteiger partial charge on any atom is -0.298 e. The summed E-state index contributed by atoms with van der Waals surface area (Å²) in [6.45, 7) is 0. The molecule has 5 heteroatoms. The van der Waals surface area contributed by atoms with Gasteiger partial charge >= 0.3 is 0 Å². The summed E-state index contributed by atoms with van der Waals surface area (Å²) in [5.74, 6) is 0.861. The van der Waals surface area contributed by atoms with Crippen LogP contribution in [0.2, 0.25) is 0 Å². The van der Waals surface area contributed by atoms with Crippen molar-refractivity contribution >= 4 is 27.4 Å². The van der Waals surface area contributed by atoms with Crippen molar-refractivity contribution in [2.24, 2.45) is 5.92 Å². The summed E-state index contributed by atoms with van der Waals surface area (Å²) >= 11 is 1.81. The Bertz CT molecular complexity index is 424. The van der Waals surface area contributed by atoms with Crippen molar-refractivity contribution in [2.75, 3.05) is 12.0 Å². The molecule has 116 valence electrons. The second-order valence-electron chi connectivity index (χ2n) is 6.35. The summed E-state index contributed by atoms with van der Waals surface area (Å²) in [4.78, 5) is 12.3. The predicted molar refractivity (Wildman–Crippen MR) is 84.9 cm³/mol. The highest BCUT2D eigenvalue weighted by Crippen LogP contribution is 2.32. The van der Waals surface area contributed by atoms with E-state index in [9.17, 15) is 13.2 Å². The van der Waals surface area contributed by atoms with Crippen LogP contribution in [0.4, 0.5) is 0 Å². The van der Waals surface area contributed by atoms with Crippen LogP contribution >= 0.6 is 11.8 Å². The average Bonchev–Trinajstić information content (AvgIpc) is 2.45. The van der Waals surface area contributed by atoms with Gasteiger partial charge in [-0.05, 0) is 32.1 Å². The molecule has 0 aromatic rings. The zero-order valence-electron chi connectivity index (χ0n) is 12.3. The van der Waals surface area contributed by atoms with Crippen molar-refractivity contribution in [2.45, 2.75) is 68.3 Å². The Hall–Kier alpha value is -0.0300. The number of carbonyl (C=O) groups excluding carboxylic acids is 1. The van der Waals surface area contributed by atoms with Crippen LogP contribution in [0.15, 0.2) is 0 Å². The normalized spacial score (nSPS) is 29.2. The van der Waals surface area contributed by atoms with E-state index < -0.39 is 9.84 Å². The molecule has 0 heterocycles. The fraction of sp³-hybridized carbons (Fsp3) is 0.933. The fourth-order valence-corrected chi connectivity index (χ4v) is 5.85. The molecule has 0 radical (unpaired) electrons. The average molecular weight is 319 g/mol. The van der Waals surface area contributed by atoms with Crippen molar-refractivity contribution in [3.05, 3.63) is 0 Å². The van der Waals surface area contributed by atoms with Crippen LogP contribution in [-0.4, -0.2) is 36.7 Å². The molecule has 0 saturated heterocycles. The molecule has 2 aliphatic carbocycles. The molecule has 3 nitrogen and oxygen atoms in total. The van der Waals surface area contributed by atoms with Crippen molar-refractivity contribution in [1.82, 2.24) is 0 Å². The first-order valence-corrected chi connectivity index (χ1v) is 10.8. The second kappa shape index (κ2) is 7.30. The monoisotopic (exact) mass is 318 g/mol. The number of rotatable bonds is 5. The van der Waals surface area contributed by atoms with E-state index in [-0.39, 0.29) is 17.0 Å². The van der Waals surface area contributed by atoms with Crippen LogP contribution in [0.1, 0.15) is 57.8 Å². The molecule has 0 aliphatic heterocycles. The summed E-state index contributed by atoms with van der Waals surface area (Å²) in [5, 5.41) is 0.367. The van der Waals surface area contributed by atoms with E-state index in [0.717, 1.165) is 19.3 Å². The first-order valence-electron chi connectivity index (χ1n) is 7.80. The molecule has 2 rings (SSSR count). The molecular weight excluding hydrogens is 292 g/mol. The lowest BCUT2D eigenvalue weighted by Crippen LogP contribution is -2.32. The largest absolute Gasteiger partial charge is 0.298 e. The van der Waals surface area contributed by atoms with Gasteiger partial charge in [0.05, 0.1) is 11.0 Å². The van der Waals surface area contributed by atoms with E-state index in [0.29, 0.717) is 17.4 Å².